The number of hydrogen-bond donors (Lipinski definition) is 1. The van der Waals surface area contributed by atoms with Crippen LogP contribution >= 0.6 is 0 Å². The number of aromatic amines is 1. The van der Waals surface area contributed by atoms with E-state index in [4.69, 9.17) is 0 Å². The van der Waals surface area contributed by atoms with Crippen molar-refractivity contribution < 1.29 is 0 Å². The van der Waals surface area contributed by atoms with Crippen LogP contribution in [0, 0.1) is 6.92 Å². The molecule has 124 valence electrons. The number of fused-ring (bicyclic) bond motifs is 2. The van der Waals surface area contributed by atoms with Crippen LogP contribution in [0.5, 0.6) is 0 Å². The number of benzene rings is 2. The van der Waals surface area contributed by atoms with Crippen molar-refractivity contribution in [3.8, 4) is 22.3 Å². The van der Waals surface area contributed by atoms with Crippen molar-refractivity contribution >= 4 is 21.9 Å². The summed E-state index contributed by atoms with van der Waals surface area (Å²) in [6.07, 6.45) is 5.75. The van der Waals surface area contributed by atoms with E-state index in [9.17, 15) is 0 Å². The van der Waals surface area contributed by atoms with Gasteiger partial charge in [0.1, 0.15) is 5.65 Å². The highest BCUT2D eigenvalue weighted by atomic mass is 14.8. The molecule has 3 heterocycles. The maximum Gasteiger partial charge on any atom is 0.137 e. The van der Waals surface area contributed by atoms with Gasteiger partial charge in [0.05, 0.1) is 5.52 Å². The first-order valence-electron chi connectivity index (χ1n) is 8.68. The van der Waals surface area contributed by atoms with Crippen molar-refractivity contribution in [1.82, 2.24) is 15.0 Å². The first-order chi connectivity index (χ1) is 12.8. The largest absolute Gasteiger partial charge is 0.346 e. The average molecular weight is 335 g/mol. The monoisotopic (exact) mass is 335 g/mol. The fourth-order valence-corrected chi connectivity index (χ4v) is 3.65. The SMILES string of the molecule is Cc1cc(-c2c[nH]c3ncccc23)cc2c(-c3ccccc3)ccnc12. The molecule has 0 aliphatic rings. The van der Waals surface area contributed by atoms with Crippen LogP contribution in [0.25, 0.3) is 44.2 Å². The van der Waals surface area contributed by atoms with Gasteiger partial charge in [-0.1, -0.05) is 30.3 Å². The van der Waals surface area contributed by atoms with Crippen LogP contribution in [0.3, 0.4) is 0 Å². The molecule has 26 heavy (non-hydrogen) atoms. The van der Waals surface area contributed by atoms with Gasteiger partial charge in [-0.15, -0.1) is 0 Å². The Bertz CT molecular complexity index is 1240. The summed E-state index contributed by atoms with van der Waals surface area (Å²) in [6.45, 7) is 2.13. The van der Waals surface area contributed by atoms with E-state index in [0.29, 0.717) is 0 Å². The molecule has 0 atom stereocenters. The summed E-state index contributed by atoms with van der Waals surface area (Å²) in [5.41, 5.74) is 7.90. The standard InChI is InChI=1S/C23H17N3/c1-15-12-17(21-14-26-23-19(21)8-5-10-25-23)13-20-18(9-11-24-22(15)20)16-6-3-2-4-7-16/h2-14H,1H3,(H,25,26). The lowest BCUT2D eigenvalue weighted by atomic mass is 9.95. The van der Waals surface area contributed by atoms with E-state index in [0.717, 1.165) is 16.6 Å². The van der Waals surface area contributed by atoms with Crippen LogP contribution in [-0.2, 0) is 0 Å². The molecular formula is C23H17N3. The normalized spacial score (nSPS) is 11.3. The number of rotatable bonds is 2. The lowest BCUT2D eigenvalue weighted by molar-refractivity contribution is 1.33. The van der Waals surface area contributed by atoms with Crippen LogP contribution < -0.4 is 0 Å². The molecule has 3 heteroatoms. The van der Waals surface area contributed by atoms with Gasteiger partial charge in [-0.05, 0) is 59.5 Å². The van der Waals surface area contributed by atoms with Crippen molar-refractivity contribution in [2.45, 2.75) is 6.92 Å². The molecule has 0 unspecified atom stereocenters. The number of aromatic nitrogens is 3. The summed E-state index contributed by atoms with van der Waals surface area (Å²) in [5.74, 6) is 0. The number of aryl methyl sites for hydroxylation is 1. The van der Waals surface area contributed by atoms with Crippen LogP contribution in [0.15, 0.2) is 79.3 Å². The highest BCUT2D eigenvalue weighted by Crippen LogP contribution is 2.35. The van der Waals surface area contributed by atoms with Gasteiger partial charge in [-0.25, -0.2) is 4.98 Å². The second-order valence-electron chi connectivity index (χ2n) is 6.52. The zero-order valence-electron chi connectivity index (χ0n) is 14.4. The molecule has 1 N–H and O–H groups in total. The lowest BCUT2D eigenvalue weighted by Crippen LogP contribution is -1.89. The molecule has 0 saturated carbocycles. The van der Waals surface area contributed by atoms with Crippen molar-refractivity contribution in [2.75, 3.05) is 0 Å². The molecule has 2 aromatic carbocycles. The van der Waals surface area contributed by atoms with Crippen molar-refractivity contribution in [3.63, 3.8) is 0 Å². The van der Waals surface area contributed by atoms with Crippen molar-refractivity contribution in [3.05, 3.63) is 84.8 Å². The predicted molar refractivity (Wildman–Crippen MR) is 107 cm³/mol. The van der Waals surface area contributed by atoms with Crippen molar-refractivity contribution in [2.24, 2.45) is 0 Å². The predicted octanol–water partition coefficient (Wildman–Crippen LogP) is 5.75. The van der Waals surface area contributed by atoms with Gasteiger partial charge >= 0.3 is 0 Å². The van der Waals surface area contributed by atoms with E-state index in [1.807, 2.05) is 30.7 Å². The molecular weight excluding hydrogens is 318 g/mol. The number of pyridine rings is 2. The van der Waals surface area contributed by atoms with Gasteiger partial charge in [-0.2, -0.15) is 0 Å². The van der Waals surface area contributed by atoms with Crippen molar-refractivity contribution in [1.29, 1.82) is 0 Å². The third-order valence-electron chi connectivity index (χ3n) is 4.88. The molecule has 0 spiro atoms. The van der Waals surface area contributed by atoms with Gasteiger partial charge in [0.2, 0.25) is 0 Å². The minimum atomic E-state index is 0.912. The number of H-pyrrole nitrogens is 1. The summed E-state index contributed by atoms with van der Waals surface area (Å²) in [5, 5.41) is 2.31. The summed E-state index contributed by atoms with van der Waals surface area (Å²) < 4.78 is 0. The van der Waals surface area contributed by atoms with Gasteiger partial charge in [0.25, 0.3) is 0 Å². The average Bonchev–Trinajstić information content (AvgIpc) is 3.12. The van der Waals surface area contributed by atoms with E-state index < -0.39 is 0 Å². The Morgan fingerprint density at radius 3 is 2.50 bits per heavy atom. The fraction of sp³-hybridized carbons (Fsp3) is 0.0435. The summed E-state index contributed by atoms with van der Waals surface area (Å²) in [7, 11) is 0. The first-order valence-corrected chi connectivity index (χ1v) is 8.68. The Morgan fingerprint density at radius 1 is 0.731 bits per heavy atom. The quantitative estimate of drug-likeness (QED) is 0.446. The molecule has 0 bridgehead atoms. The second kappa shape index (κ2) is 5.81. The molecule has 5 aromatic rings. The smallest absolute Gasteiger partial charge is 0.137 e. The molecule has 0 aliphatic heterocycles. The Balaban J connectivity index is 1.81. The van der Waals surface area contributed by atoms with Crippen LogP contribution in [0.4, 0.5) is 0 Å². The van der Waals surface area contributed by atoms with E-state index in [2.05, 4.69) is 70.4 Å². The van der Waals surface area contributed by atoms with E-state index >= 15 is 0 Å². The Hall–Kier alpha value is -3.46. The molecule has 0 amide bonds. The summed E-state index contributed by atoms with van der Waals surface area (Å²) >= 11 is 0. The van der Waals surface area contributed by atoms with E-state index in [-0.39, 0.29) is 0 Å². The number of nitrogens with one attached hydrogen (secondary N) is 1. The first kappa shape index (κ1) is 14.8. The molecule has 3 nitrogen and oxygen atoms in total. The van der Waals surface area contributed by atoms with E-state index in [1.165, 1.54) is 33.2 Å². The van der Waals surface area contributed by atoms with Gasteiger partial charge in [0, 0.05) is 34.9 Å². The van der Waals surface area contributed by atoms with Crippen LogP contribution in [0.2, 0.25) is 0 Å². The molecule has 0 saturated heterocycles. The highest BCUT2D eigenvalue weighted by molar-refractivity contribution is 6.01. The Kier molecular flexibility index (Phi) is 3.32. The van der Waals surface area contributed by atoms with Crippen LogP contribution in [0.1, 0.15) is 5.56 Å². The highest BCUT2D eigenvalue weighted by Gasteiger charge is 2.12. The minimum absolute atomic E-state index is 0.912. The van der Waals surface area contributed by atoms with Crippen LogP contribution in [-0.4, -0.2) is 15.0 Å². The van der Waals surface area contributed by atoms with Gasteiger partial charge in [-0.3, -0.25) is 4.98 Å². The summed E-state index contributed by atoms with van der Waals surface area (Å²) in [4.78, 5) is 12.3. The Labute approximate surface area is 151 Å². The second-order valence-corrected chi connectivity index (χ2v) is 6.52. The summed E-state index contributed by atoms with van der Waals surface area (Å²) in [6, 6.07) is 21.1. The maximum absolute atomic E-state index is 4.63. The van der Waals surface area contributed by atoms with Gasteiger partial charge in [0.15, 0.2) is 0 Å². The van der Waals surface area contributed by atoms with Gasteiger partial charge < -0.3 is 4.98 Å². The molecule has 5 rings (SSSR count). The topological polar surface area (TPSA) is 41.6 Å². The third kappa shape index (κ3) is 2.29. The molecule has 3 aromatic heterocycles. The maximum atomic E-state index is 4.63. The number of hydrogen-bond acceptors (Lipinski definition) is 2. The minimum Gasteiger partial charge on any atom is -0.346 e. The fourth-order valence-electron chi connectivity index (χ4n) is 3.65. The molecule has 0 aliphatic carbocycles. The van der Waals surface area contributed by atoms with E-state index in [1.54, 1.807) is 0 Å². The molecule has 0 fully saturated rings. The molecule has 0 radical (unpaired) electrons. The third-order valence-corrected chi connectivity index (χ3v) is 4.88. The zero-order valence-corrected chi connectivity index (χ0v) is 14.4. The Morgan fingerprint density at radius 2 is 1.62 bits per heavy atom. The lowest BCUT2D eigenvalue weighted by Gasteiger charge is -2.11. The number of nitrogens with zero attached hydrogens (tertiary/aromatic N) is 2. The zero-order chi connectivity index (χ0) is 17.5.